The summed E-state index contributed by atoms with van der Waals surface area (Å²) in [7, 11) is 0. The highest BCUT2D eigenvalue weighted by Crippen LogP contribution is 2.68. The van der Waals surface area contributed by atoms with Gasteiger partial charge in [-0.1, -0.05) is 19.4 Å². The average Bonchev–Trinajstić information content (AvgIpc) is 3.08. The highest BCUT2D eigenvalue weighted by Gasteiger charge is 2.70. The second kappa shape index (κ2) is 9.57. The second-order valence-electron chi connectivity index (χ2n) is 12.6. The van der Waals surface area contributed by atoms with Crippen LogP contribution in [0.4, 0.5) is 0 Å². The molecule has 0 spiro atoms. The van der Waals surface area contributed by atoms with Gasteiger partial charge in [0.2, 0.25) is 11.4 Å². The predicted molar refractivity (Wildman–Crippen MR) is 134 cm³/mol. The molecule has 3 saturated carbocycles. The SMILES string of the molecule is CC(=O)OC(C)(C)C(=O)OCC(=O)[C@@]1(OC(C)=O)CC[C@H]2[C@@H]3CCC4=CC(=O)CC[C@]4(C)[C@H]3[C@@H](O)C[C@@]21C. The van der Waals surface area contributed by atoms with Crippen LogP contribution in [-0.2, 0) is 38.2 Å². The molecule has 3 fully saturated rings. The van der Waals surface area contributed by atoms with Crippen LogP contribution in [0, 0.1) is 28.6 Å². The van der Waals surface area contributed by atoms with Gasteiger partial charge in [-0.05, 0) is 81.6 Å². The standard InChI is InChI=1S/C29H40O9/c1-16(30)37-26(3,4)25(35)36-15-23(34)29(38-17(2)31)12-10-21-20-8-7-18-13-19(32)9-11-27(18,5)24(20)22(33)14-28(21,29)6/h13,20-22,24,33H,7-12,14-15H2,1-6H3/t20-,21-,22-,24+,27-,28-,29-/m0/s1. The van der Waals surface area contributed by atoms with Crippen LogP contribution in [0.5, 0.6) is 0 Å². The third-order valence-electron chi connectivity index (χ3n) is 10.0. The van der Waals surface area contributed by atoms with Gasteiger partial charge in [0.15, 0.2) is 18.0 Å². The topological polar surface area (TPSA) is 133 Å². The van der Waals surface area contributed by atoms with Gasteiger partial charge < -0.3 is 19.3 Å². The number of allylic oxidation sites excluding steroid dienone is 1. The number of ketones is 2. The molecule has 0 radical (unpaired) electrons. The Morgan fingerprint density at radius 1 is 1.05 bits per heavy atom. The fraction of sp³-hybridized carbons (Fsp3) is 0.759. The molecule has 0 saturated heterocycles. The molecule has 4 rings (SSSR count). The van der Waals surface area contributed by atoms with Crippen LogP contribution >= 0.6 is 0 Å². The van der Waals surface area contributed by atoms with Crippen molar-refractivity contribution in [2.24, 2.45) is 28.6 Å². The maximum Gasteiger partial charge on any atom is 0.350 e. The second-order valence-corrected chi connectivity index (χ2v) is 12.6. The van der Waals surface area contributed by atoms with Crippen molar-refractivity contribution in [1.82, 2.24) is 0 Å². The zero-order chi connectivity index (χ0) is 28.3. The van der Waals surface area contributed by atoms with E-state index in [-0.39, 0.29) is 41.8 Å². The molecule has 1 N–H and O–H groups in total. The first-order chi connectivity index (χ1) is 17.6. The molecule has 0 aromatic heterocycles. The highest BCUT2D eigenvalue weighted by molar-refractivity contribution is 5.94. The van der Waals surface area contributed by atoms with Gasteiger partial charge in [-0.25, -0.2) is 4.79 Å². The van der Waals surface area contributed by atoms with Gasteiger partial charge in [0.1, 0.15) is 0 Å². The van der Waals surface area contributed by atoms with Crippen LogP contribution in [0.1, 0.15) is 86.5 Å². The van der Waals surface area contributed by atoms with Gasteiger partial charge in [0.05, 0.1) is 6.10 Å². The van der Waals surface area contributed by atoms with Crippen LogP contribution < -0.4 is 0 Å². The number of aliphatic hydroxyl groups is 1. The molecule has 0 bridgehead atoms. The molecule has 210 valence electrons. The minimum absolute atomic E-state index is 0.00314. The lowest BCUT2D eigenvalue weighted by Crippen LogP contribution is -2.63. The molecular weight excluding hydrogens is 492 g/mol. The molecule has 9 heteroatoms. The van der Waals surface area contributed by atoms with Crippen LogP contribution in [0.25, 0.3) is 0 Å². The Bertz CT molecular complexity index is 1090. The van der Waals surface area contributed by atoms with Crippen LogP contribution in [0.3, 0.4) is 0 Å². The number of esters is 3. The first kappa shape index (κ1) is 28.5. The maximum atomic E-state index is 13.8. The van der Waals surface area contributed by atoms with Crippen molar-refractivity contribution < 1.29 is 43.3 Å². The Labute approximate surface area is 223 Å². The van der Waals surface area contributed by atoms with Crippen molar-refractivity contribution in [2.45, 2.75) is 104 Å². The summed E-state index contributed by atoms with van der Waals surface area (Å²) < 4.78 is 16.2. The van der Waals surface area contributed by atoms with E-state index in [0.29, 0.717) is 19.3 Å². The van der Waals surface area contributed by atoms with E-state index in [1.165, 1.54) is 27.7 Å². The summed E-state index contributed by atoms with van der Waals surface area (Å²) in [4.78, 5) is 62.3. The molecule has 38 heavy (non-hydrogen) atoms. The highest BCUT2D eigenvalue weighted by atomic mass is 16.6. The fourth-order valence-corrected chi connectivity index (χ4v) is 8.43. The number of rotatable bonds is 6. The monoisotopic (exact) mass is 532 g/mol. The number of carbonyl (C=O) groups excluding carboxylic acids is 5. The van der Waals surface area contributed by atoms with Crippen LogP contribution in [0.15, 0.2) is 11.6 Å². The predicted octanol–water partition coefficient (Wildman–Crippen LogP) is 3.25. The fourth-order valence-electron chi connectivity index (χ4n) is 8.43. The van der Waals surface area contributed by atoms with Crippen molar-refractivity contribution in [3.63, 3.8) is 0 Å². The summed E-state index contributed by atoms with van der Waals surface area (Å²) in [5.41, 5.74) is -3.18. The molecule has 0 aromatic rings. The van der Waals surface area contributed by atoms with Crippen molar-refractivity contribution >= 4 is 29.5 Å². The van der Waals surface area contributed by atoms with Crippen LogP contribution in [-0.4, -0.2) is 58.5 Å². The summed E-state index contributed by atoms with van der Waals surface area (Å²) in [6, 6.07) is 0. The molecule has 0 amide bonds. The van der Waals surface area contributed by atoms with Gasteiger partial charge in [-0.15, -0.1) is 0 Å². The first-order valence-corrected chi connectivity index (χ1v) is 13.6. The minimum Gasteiger partial charge on any atom is -0.455 e. The lowest BCUT2D eigenvalue weighted by atomic mass is 9.45. The van der Waals surface area contributed by atoms with Crippen molar-refractivity contribution in [2.75, 3.05) is 6.61 Å². The number of hydrogen-bond acceptors (Lipinski definition) is 9. The summed E-state index contributed by atoms with van der Waals surface area (Å²) >= 11 is 0. The molecule has 4 aliphatic rings. The number of Topliss-reactive ketones (excluding diaryl/α,β-unsaturated/α-hetero) is 1. The number of carbonyl (C=O) groups is 5. The summed E-state index contributed by atoms with van der Waals surface area (Å²) in [6.45, 7) is 8.59. The third kappa shape index (κ3) is 4.40. The quantitative estimate of drug-likeness (QED) is 0.404. The van der Waals surface area contributed by atoms with Crippen molar-refractivity contribution in [3.8, 4) is 0 Å². The zero-order valence-corrected chi connectivity index (χ0v) is 23.3. The van der Waals surface area contributed by atoms with E-state index < -0.39 is 53.0 Å². The Hall–Kier alpha value is -2.55. The number of aliphatic hydroxyl groups excluding tert-OH is 1. The smallest absolute Gasteiger partial charge is 0.350 e. The molecule has 4 aliphatic carbocycles. The molecule has 0 unspecified atom stereocenters. The largest absolute Gasteiger partial charge is 0.455 e. The lowest BCUT2D eigenvalue weighted by molar-refractivity contribution is -0.203. The lowest BCUT2D eigenvalue weighted by Gasteiger charge is -2.60. The van der Waals surface area contributed by atoms with Gasteiger partial charge in [-0.2, -0.15) is 0 Å². The van der Waals surface area contributed by atoms with E-state index in [0.717, 1.165) is 18.4 Å². The van der Waals surface area contributed by atoms with E-state index in [4.69, 9.17) is 14.2 Å². The van der Waals surface area contributed by atoms with Gasteiger partial charge >= 0.3 is 17.9 Å². The minimum atomic E-state index is -1.58. The van der Waals surface area contributed by atoms with E-state index in [2.05, 4.69) is 6.92 Å². The van der Waals surface area contributed by atoms with E-state index in [1.807, 2.05) is 6.92 Å². The Morgan fingerprint density at radius 3 is 2.37 bits per heavy atom. The molecule has 9 nitrogen and oxygen atoms in total. The number of ether oxygens (including phenoxy) is 3. The Kier molecular flexibility index (Phi) is 7.17. The van der Waals surface area contributed by atoms with E-state index in [9.17, 15) is 29.1 Å². The Balaban J connectivity index is 1.63. The third-order valence-corrected chi connectivity index (χ3v) is 10.0. The Morgan fingerprint density at radius 2 is 1.74 bits per heavy atom. The van der Waals surface area contributed by atoms with Crippen LogP contribution in [0.2, 0.25) is 0 Å². The van der Waals surface area contributed by atoms with E-state index >= 15 is 0 Å². The van der Waals surface area contributed by atoms with Crippen molar-refractivity contribution in [1.29, 1.82) is 0 Å². The zero-order valence-electron chi connectivity index (χ0n) is 23.3. The average molecular weight is 533 g/mol. The number of hydrogen-bond donors (Lipinski definition) is 1. The summed E-state index contributed by atoms with van der Waals surface area (Å²) in [6.07, 6.45) is 4.87. The maximum absolute atomic E-state index is 13.8. The summed E-state index contributed by atoms with van der Waals surface area (Å²) in [5.74, 6) is -2.52. The van der Waals surface area contributed by atoms with Gasteiger partial charge in [-0.3, -0.25) is 19.2 Å². The normalized spacial score (nSPS) is 38.2. The van der Waals surface area contributed by atoms with Gasteiger partial charge in [0.25, 0.3) is 0 Å². The molecule has 0 heterocycles. The van der Waals surface area contributed by atoms with Gasteiger partial charge in [0, 0.05) is 25.7 Å². The first-order valence-electron chi connectivity index (χ1n) is 13.6. The molecule has 0 aromatic carbocycles. The number of fused-ring (bicyclic) bond motifs is 5. The molecular formula is C29H40O9. The molecule has 0 aliphatic heterocycles. The molecule has 7 atom stereocenters. The van der Waals surface area contributed by atoms with E-state index in [1.54, 1.807) is 6.08 Å². The van der Waals surface area contributed by atoms with Crippen molar-refractivity contribution in [3.05, 3.63) is 11.6 Å². The summed E-state index contributed by atoms with van der Waals surface area (Å²) in [5, 5.41) is 11.6.